The van der Waals surface area contributed by atoms with Crippen molar-refractivity contribution in [2.24, 2.45) is 11.5 Å². The van der Waals surface area contributed by atoms with Gasteiger partial charge in [0.25, 0.3) is 0 Å². The number of rotatable bonds is 6. The van der Waals surface area contributed by atoms with E-state index >= 15 is 0 Å². The van der Waals surface area contributed by atoms with Crippen molar-refractivity contribution < 1.29 is 14.6 Å². The average molecular weight is 294 g/mol. The van der Waals surface area contributed by atoms with Crippen LogP contribution in [0.4, 0.5) is 0 Å². The molecule has 0 aliphatic heterocycles. The van der Waals surface area contributed by atoms with Crippen LogP contribution in [-0.2, 0) is 0 Å². The summed E-state index contributed by atoms with van der Waals surface area (Å²) in [6.07, 6.45) is -1.02. The number of thiophene rings is 1. The van der Waals surface area contributed by atoms with E-state index in [4.69, 9.17) is 20.9 Å². The maximum Gasteiger partial charge on any atom is 0.233 e. The lowest BCUT2D eigenvalue weighted by molar-refractivity contribution is -0.0181. The Balaban J connectivity index is 2.19. The van der Waals surface area contributed by atoms with Crippen LogP contribution in [0.25, 0.3) is 0 Å². The molecular weight excluding hydrogens is 276 g/mol. The Morgan fingerprint density at radius 3 is 2.70 bits per heavy atom. The summed E-state index contributed by atoms with van der Waals surface area (Å²) in [5, 5.41) is 11.9. The Morgan fingerprint density at radius 2 is 2.10 bits per heavy atom. The number of nitrogens with two attached hydrogens (primary N) is 2. The topological polar surface area (TPSA) is 90.7 Å². The Bertz CT molecular complexity index is 545. The molecule has 20 heavy (non-hydrogen) atoms. The van der Waals surface area contributed by atoms with Gasteiger partial charge in [0.05, 0.1) is 12.0 Å². The van der Waals surface area contributed by atoms with Gasteiger partial charge in [-0.2, -0.15) is 0 Å². The summed E-state index contributed by atoms with van der Waals surface area (Å²) >= 11 is 1.42. The highest BCUT2D eigenvalue weighted by Crippen LogP contribution is 2.33. The van der Waals surface area contributed by atoms with Crippen molar-refractivity contribution in [3.63, 3.8) is 0 Å². The van der Waals surface area contributed by atoms with Crippen LogP contribution in [0.3, 0.4) is 0 Å². The molecule has 5 N–H and O–H groups in total. The van der Waals surface area contributed by atoms with Crippen LogP contribution in [0.5, 0.6) is 11.5 Å². The summed E-state index contributed by atoms with van der Waals surface area (Å²) in [7, 11) is 1.54. The molecule has 2 unspecified atom stereocenters. The summed E-state index contributed by atoms with van der Waals surface area (Å²) in [6.45, 7) is 0.348. The third kappa shape index (κ3) is 3.29. The Kier molecular flexibility index (Phi) is 4.97. The number of hydrogen-bond acceptors (Lipinski definition) is 6. The molecule has 2 aromatic rings. The fourth-order valence-corrected chi connectivity index (χ4v) is 2.39. The quantitative estimate of drug-likeness (QED) is 0.707. The second-order valence-electron chi connectivity index (χ2n) is 4.24. The van der Waals surface area contributed by atoms with Gasteiger partial charge in [-0.15, -0.1) is 11.3 Å². The zero-order valence-electron chi connectivity index (χ0n) is 11.2. The van der Waals surface area contributed by atoms with Gasteiger partial charge in [-0.1, -0.05) is 12.1 Å². The lowest BCUT2D eigenvalue weighted by Crippen LogP contribution is -2.20. The normalized spacial score (nSPS) is 13.8. The van der Waals surface area contributed by atoms with Gasteiger partial charge in [0, 0.05) is 12.6 Å². The van der Waals surface area contributed by atoms with Crippen LogP contribution in [0.2, 0.25) is 0 Å². The molecule has 108 valence electrons. The Hall–Kier alpha value is -1.60. The SMILES string of the molecule is COc1cc(C(N)CN)ccc1OC(O)c1cccs1. The standard InChI is InChI=1S/C14H18N2O3S/c1-18-12-7-9(10(16)8-15)4-5-11(12)19-14(17)13-3-2-6-20-13/h2-7,10,14,17H,8,15-16H2,1H3. The van der Waals surface area contributed by atoms with Crippen molar-refractivity contribution >= 4 is 11.3 Å². The number of hydrogen-bond donors (Lipinski definition) is 3. The van der Waals surface area contributed by atoms with Crippen LogP contribution < -0.4 is 20.9 Å². The maximum absolute atomic E-state index is 10.00. The first-order valence-electron chi connectivity index (χ1n) is 6.17. The molecule has 0 bridgehead atoms. The molecule has 0 aliphatic carbocycles. The van der Waals surface area contributed by atoms with Crippen LogP contribution in [0.1, 0.15) is 22.8 Å². The Labute approximate surface area is 121 Å². The lowest BCUT2D eigenvalue weighted by Gasteiger charge is -2.17. The second kappa shape index (κ2) is 6.71. The molecular formula is C14H18N2O3S. The molecule has 0 fully saturated rings. The molecule has 0 radical (unpaired) electrons. The van der Waals surface area contributed by atoms with Gasteiger partial charge in [-0.25, -0.2) is 0 Å². The highest BCUT2D eigenvalue weighted by Gasteiger charge is 2.15. The highest BCUT2D eigenvalue weighted by atomic mass is 32.1. The van der Waals surface area contributed by atoms with E-state index in [0.717, 1.165) is 10.4 Å². The molecule has 0 amide bonds. The minimum atomic E-state index is -1.02. The van der Waals surface area contributed by atoms with Crippen LogP contribution in [0.15, 0.2) is 35.7 Å². The largest absolute Gasteiger partial charge is 0.493 e. The molecule has 0 saturated carbocycles. The number of aliphatic hydroxyl groups excluding tert-OH is 1. The summed E-state index contributed by atoms with van der Waals surface area (Å²) in [4.78, 5) is 0.731. The van der Waals surface area contributed by atoms with Crippen molar-refractivity contribution in [3.8, 4) is 11.5 Å². The first kappa shape index (κ1) is 14.8. The molecule has 6 heteroatoms. The van der Waals surface area contributed by atoms with E-state index in [9.17, 15) is 5.11 Å². The molecule has 2 rings (SSSR count). The van der Waals surface area contributed by atoms with Crippen molar-refractivity contribution in [2.75, 3.05) is 13.7 Å². The number of aliphatic hydroxyl groups is 1. The third-order valence-electron chi connectivity index (χ3n) is 2.89. The summed E-state index contributed by atoms with van der Waals surface area (Å²) in [5.41, 5.74) is 12.3. The first-order valence-corrected chi connectivity index (χ1v) is 7.05. The highest BCUT2D eigenvalue weighted by molar-refractivity contribution is 7.10. The molecule has 0 saturated heterocycles. The van der Waals surface area contributed by atoms with Gasteiger partial charge in [-0.3, -0.25) is 0 Å². The molecule has 1 aromatic carbocycles. The molecule has 1 aromatic heterocycles. The fourth-order valence-electron chi connectivity index (χ4n) is 1.76. The molecule has 1 heterocycles. The first-order chi connectivity index (χ1) is 9.65. The molecule has 0 aliphatic rings. The van der Waals surface area contributed by atoms with E-state index in [2.05, 4.69) is 0 Å². The summed E-state index contributed by atoms with van der Waals surface area (Å²) in [6, 6.07) is 8.72. The van der Waals surface area contributed by atoms with Crippen LogP contribution >= 0.6 is 11.3 Å². The molecule has 5 nitrogen and oxygen atoms in total. The Morgan fingerprint density at radius 1 is 1.30 bits per heavy atom. The minimum Gasteiger partial charge on any atom is -0.493 e. The monoisotopic (exact) mass is 294 g/mol. The van der Waals surface area contributed by atoms with Crippen molar-refractivity contribution in [2.45, 2.75) is 12.3 Å². The zero-order valence-corrected chi connectivity index (χ0v) is 12.0. The summed E-state index contributed by atoms with van der Waals surface area (Å²) in [5.74, 6) is 0.975. The maximum atomic E-state index is 10.00. The van der Waals surface area contributed by atoms with E-state index in [-0.39, 0.29) is 6.04 Å². The second-order valence-corrected chi connectivity index (χ2v) is 5.22. The smallest absolute Gasteiger partial charge is 0.233 e. The number of benzene rings is 1. The van der Waals surface area contributed by atoms with E-state index in [1.807, 2.05) is 17.5 Å². The van der Waals surface area contributed by atoms with E-state index in [0.29, 0.717) is 18.0 Å². The third-order valence-corrected chi connectivity index (χ3v) is 3.80. The average Bonchev–Trinajstić information content (AvgIpc) is 3.01. The number of methoxy groups -OCH3 is 1. The van der Waals surface area contributed by atoms with E-state index in [1.165, 1.54) is 18.4 Å². The van der Waals surface area contributed by atoms with Gasteiger partial charge in [0.1, 0.15) is 0 Å². The van der Waals surface area contributed by atoms with E-state index in [1.54, 1.807) is 18.2 Å². The molecule has 0 spiro atoms. The van der Waals surface area contributed by atoms with Gasteiger partial charge in [0.15, 0.2) is 11.5 Å². The van der Waals surface area contributed by atoms with Gasteiger partial charge >= 0.3 is 0 Å². The fraction of sp³-hybridized carbons (Fsp3) is 0.286. The lowest BCUT2D eigenvalue weighted by atomic mass is 10.1. The molecule has 2 atom stereocenters. The zero-order chi connectivity index (χ0) is 14.5. The van der Waals surface area contributed by atoms with Gasteiger partial charge in [0.2, 0.25) is 6.29 Å². The predicted octanol–water partition coefficient (Wildman–Crippen LogP) is 1.79. The summed E-state index contributed by atoms with van der Waals surface area (Å²) < 4.78 is 10.8. The number of ether oxygens (including phenoxy) is 2. The van der Waals surface area contributed by atoms with Crippen LogP contribution in [-0.4, -0.2) is 18.8 Å². The minimum absolute atomic E-state index is 0.250. The predicted molar refractivity (Wildman–Crippen MR) is 78.9 cm³/mol. The van der Waals surface area contributed by atoms with Crippen molar-refractivity contribution in [1.29, 1.82) is 0 Å². The van der Waals surface area contributed by atoms with Gasteiger partial charge in [-0.05, 0) is 29.1 Å². The van der Waals surface area contributed by atoms with Crippen LogP contribution in [0, 0.1) is 0 Å². The van der Waals surface area contributed by atoms with Gasteiger partial charge < -0.3 is 26.0 Å². The van der Waals surface area contributed by atoms with Crippen molar-refractivity contribution in [1.82, 2.24) is 0 Å². The van der Waals surface area contributed by atoms with Crippen molar-refractivity contribution in [3.05, 3.63) is 46.2 Å². The van der Waals surface area contributed by atoms with E-state index < -0.39 is 6.29 Å².